The lowest BCUT2D eigenvalue weighted by Gasteiger charge is -1.94. The van der Waals surface area contributed by atoms with E-state index in [0.717, 1.165) is 12.7 Å². The molecule has 0 heterocycles. The molecule has 1 aromatic carbocycles. The van der Waals surface area contributed by atoms with Crippen LogP contribution in [0, 0.1) is 21.9 Å². The zero-order valence-electron chi connectivity index (χ0n) is 11.4. The summed E-state index contributed by atoms with van der Waals surface area (Å²) in [5.41, 5.74) is 6.27. The van der Waals surface area contributed by atoms with Crippen LogP contribution < -0.4 is 5.73 Å². The molecule has 0 bridgehead atoms. The molecule has 0 aliphatic carbocycles. The van der Waals surface area contributed by atoms with Crippen LogP contribution in [0.5, 0.6) is 0 Å². The third-order valence-electron chi connectivity index (χ3n) is 1.97. The highest BCUT2D eigenvalue weighted by molar-refractivity contribution is 5.56. The minimum absolute atomic E-state index is 0.125. The molecule has 0 fully saturated rings. The van der Waals surface area contributed by atoms with Gasteiger partial charge >= 0.3 is 0 Å². The van der Waals surface area contributed by atoms with Crippen LogP contribution in [-0.4, -0.2) is 36.0 Å². The molecule has 0 radical (unpaired) electrons. The third kappa shape index (κ3) is 10.9. The van der Waals surface area contributed by atoms with Crippen molar-refractivity contribution in [2.24, 2.45) is 10.9 Å². The Hall–Kier alpha value is -2.19. The summed E-state index contributed by atoms with van der Waals surface area (Å²) in [4.78, 5) is 28.9. The van der Waals surface area contributed by atoms with Gasteiger partial charge in [0.05, 0.1) is 17.5 Å². The van der Waals surface area contributed by atoms with Crippen LogP contribution >= 0.6 is 0 Å². The summed E-state index contributed by atoms with van der Waals surface area (Å²) in [5, 5.41) is 19.7. The number of nitrogens with two attached hydrogens (primary N) is 1. The number of nitro benzene ring substituents is 1. The predicted molar refractivity (Wildman–Crippen MR) is 75.3 cm³/mol. The van der Waals surface area contributed by atoms with Gasteiger partial charge in [-0.3, -0.25) is 10.1 Å². The average Bonchev–Trinajstić information content (AvgIpc) is 2.48. The van der Waals surface area contributed by atoms with Gasteiger partial charge in [0.2, 0.25) is 0 Å². The van der Waals surface area contributed by atoms with Crippen LogP contribution in [0.3, 0.4) is 0 Å². The van der Waals surface area contributed by atoms with Gasteiger partial charge in [0, 0.05) is 19.2 Å². The number of non-ortho nitro benzene ring substituents is 1. The van der Waals surface area contributed by atoms with E-state index in [1.807, 2.05) is 6.92 Å². The Morgan fingerprint density at radius 2 is 1.90 bits per heavy atom. The Kier molecular flexibility index (Phi) is 13.3. The van der Waals surface area contributed by atoms with Crippen molar-refractivity contribution in [2.75, 3.05) is 13.7 Å². The molecule has 1 atom stereocenters. The second kappa shape index (κ2) is 13.2. The quantitative estimate of drug-likeness (QED) is 0.361. The summed E-state index contributed by atoms with van der Waals surface area (Å²) >= 11 is 0. The van der Waals surface area contributed by atoms with Gasteiger partial charge in [0.15, 0.2) is 0 Å². The second-order valence-corrected chi connectivity index (χ2v) is 3.53. The number of aliphatic hydroxyl groups is 1. The monoisotopic (exact) mass is 285 g/mol. The number of hydrogen-bond acceptors (Lipinski definition) is 7. The molecule has 3 N–H and O–H groups in total. The van der Waals surface area contributed by atoms with Gasteiger partial charge in [-0.25, -0.2) is 0 Å². The lowest BCUT2D eigenvalue weighted by molar-refractivity contribution is -0.384. The van der Waals surface area contributed by atoms with Gasteiger partial charge in [-0.2, -0.15) is 4.91 Å². The number of rotatable bonds is 5. The highest BCUT2D eigenvalue weighted by Crippen LogP contribution is 2.10. The molecule has 1 rings (SSSR count). The van der Waals surface area contributed by atoms with Crippen LogP contribution in [0.25, 0.3) is 0 Å². The smallest absolute Gasteiger partial charge is 0.269 e. The Morgan fingerprint density at radius 1 is 1.40 bits per heavy atom. The highest BCUT2D eigenvalue weighted by atomic mass is 16.6. The van der Waals surface area contributed by atoms with E-state index < -0.39 is 11.0 Å². The largest absolute Gasteiger partial charge is 0.400 e. The SMILES string of the molecule is CO.Cc1ccc([N+](=O)[O-])cc1.NC(C=O)CCN=O. The Morgan fingerprint density at radius 3 is 2.25 bits per heavy atom. The van der Waals surface area contributed by atoms with Crippen LogP contribution in [-0.2, 0) is 4.79 Å². The number of aryl methyl sites for hydroxylation is 1. The molecule has 0 amide bonds. The summed E-state index contributed by atoms with van der Waals surface area (Å²) in [7, 11) is 1.00. The van der Waals surface area contributed by atoms with Crippen molar-refractivity contribution < 1.29 is 14.8 Å². The minimum Gasteiger partial charge on any atom is -0.400 e. The van der Waals surface area contributed by atoms with E-state index in [4.69, 9.17) is 10.8 Å². The van der Waals surface area contributed by atoms with Gasteiger partial charge in [0.25, 0.3) is 5.69 Å². The summed E-state index contributed by atoms with van der Waals surface area (Å²) in [6.07, 6.45) is 0.957. The number of nitro groups is 1. The van der Waals surface area contributed by atoms with E-state index >= 15 is 0 Å². The molecule has 0 aliphatic rings. The van der Waals surface area contributed by atoms with Gasteiger partial charge in [-0.1, -0.05) is 22.9 Å². The van der Waals surface area contributed by atoms with E-state index in [9.17, 15) is 19.8 Å². The standard InChI is InChI=1S/C7H7NO2.C4H8N2O2.CH4O/c1-6-2-4-7(5-3-6)8(9)10;5-4(3-7)1-2-6-8;1-2/h2-5H,1H3;3-4H,1-2,5H2;2H,1H3. The molecule has 0 saturated carbocycles. The molecule has 1 aromatic rings. The summed E-state index contributed by atoms with van der Waals surface area (Å²) in [5.74, 6) is 0. The van der Waals surface area contributed by atoms with Crippen LogP contribution in [0.4, 0.5) is 5.69 Å². The molecular weight excluding hydrogens is 266 g/mol. The fourth-order valence-electron chi connectivity index (χ4n) is 0.936. The van der Waals surface area contributed by atoms with E-state index in [0.29, 0.717) is 12.7 Å². The van der Waals surface area contributed by atoms with Crippen molar-refractivity contribution in [2.45, 2.75) is 19.4 Å². The first-order chi connectivity index (χ1) is 9.51. The van der Waals surface area contributed by atoms with Gasteiger partial charge in [0.1, 0.15) is 6.29 Å². The fourth-order valence-corrected chi connectivity index (χ4v) is 0.936. The summed E-state index contributed by atoms with van der Waals surface area (Å²) < 4.78 is 0. The summed E-state index contributed by atoms with van der Waals surface area (Å²) in [6, 6.07) is 5.91. The molecule has 20 heavy (non-hydrogen) atoms. The van der Waals surface area contributed by atoms with Crippen molar-refractivity contribution >= 4 is 12.0 Å². The molecule has 112 valence electrons. The fraction of sp³-hybridized carbons (Fsp3) is 0.417. The van der Waals surface area contributed by atoms with Crippen molar-refractivity contribution in [3.63, 3.8) is 0 Å². The van der Waals surface area contributed by atoms with Crippen molar-refractivity contribution in [3.05, 3.63) is 44.9 Å². The third-order valence-corrected chi connectivity index (χ3v) is 1.97. The first-order valence-electron chi connectivity index (χ1n) is 5.67. The van der Waals surface area contributed by atoms with Gasteiger partial charge in [-0.15, -0.1) is 0 Å². The minimum atomic E-state index is -0.521. The number of nitrogens with zero attached hydrogens (tertiary/aromatic N) is 2. The Balaban J connectivity index is 0. The lowest BCUT2D eigenvalue weighted by atomic mass is 10.2. The number of benzene rings is 1. The molecule has 0 spiro atoms. The number of aliphatic hydroxyl groups excluding tert-OH is 1. The topological polar surface area (TPSA) is 136 Å². The number of carbonyl (C=O) groups excluding carboxylic acids is 1. The zero-order chi connectivity index (χ0) is 16.0. The maximum atomic E-state index is 10.1. The Bertz CT molecular complexity index is 395. The van der Waals surface area contributed by atoms with Crippen LogP contribution in [0.2, 0.25) is 0 Å². The Labute approximate surface area is 116 Å². The van der Waals surface area contributed by atoms with Crippen LogP contribution in [0.15, 0.2) is 29.4 Å². The number of nitroso groups, excluding NO2 is 1. The van der Waals surface area contributed by atoms with Gasteiger partial charge in [-0.05, 0) is 13.3 Å². The maximum Gasteiger partial charge on any atom is 0.269 e. The van der Waals surface area contributed by atoms with E-state index in [1.54, 1.807) is 12.1 Å². The summed E-state index contributed by atoms with van der Waals surface area (Å²) in [6.45, 7) is 2.02. The van der Waals surface area contributed by atoms with Crippen molar-refractivity contribution in [1.29, 1.82) is 0 Å². The highest BCUT2D eigenvalue weighted by Gasteiger charge is 2.00. The van der Waals surface area contributed by atoms with Crippen molar-refractivity contribution in [3.8, 4) is 0 Å². The lowest BCUT2D eigenvalue weighted by Crippen LogP contribution is -2.21. The van der Waals surface area contributed by atoms with Crippen LogP contribution in [0.1, 0.15) is 12.0 Å². The van der Waals surface area contributed by atoms with E-state index in [1.165, 1.54) is 12.1 Å². The number of aldehydes is 1. The molecule has 0 aliphatic heterocycles. The van der Waals surface area contributed by atoms with E-state index in [2.05, 4.69) is 5.18 Å². The molecular formula is C12H19N3O5. The average molecular weight is 285 g/mol. The molecule has 0 saturated heterocycles. The molecule has 0 aromatic heterocycles. The molecule has 8 heteroatoms. The van der Waals surface area contributed by atoms with Crippen molar-refractivity contribution in [1.82, 2.24) is 0 Å². The zero-order valence-corrected chi connectivity index (χ0v) is 11.4. The number of hydrogen-bond donors (Lipinski definition) is 2. The second-order valence-electron chi connectivity index (χ2n) is 3.53. The normalized spacial score (nSPS) is 10.0. The molecule has 1 unspecified atom stereocenters. The predicted octanol–water partition coefficient (Wildman–Crippen LogP) is 1.18. The first kappa shape index (κ1) is 20.1. The molecule has 8 nitrogen and oxygen atoms in total. The first-order valence-corrected chi connectivity index (χ1v) is 5.67. The maximum absolute atomic E-state index is 10.1. The van der Waals surface area contributed by atoms with E-state index in [-0.39, 0.29) is 12.2 Å². The van der Waals surface area contributed by atoms with Gasteiger partial charge < -0.3 is 15.6 Å². The number of carbonyl (C=O) groups is 1.